The summed E-state index contributed by atoms with van der Waals surface area (Å²) in [6, 6.07) is 3.85. The van der Waals surface area contributed by atoms with Gasteiger partial charge in [-0.15, -0.1) is 6.42 Å². The van der Waals surface area contributed by atoms with Crippen LogP contribution in [0.1, 0.15) is 18.5 Å². The average Bonchev–Trinajstić information content (AvgIpc) is 3.12. The summed E-state index contributed by atoms with van der Waals surface area (Å²) in [5, 5.41) is 9.05. The van der Waals surface area contributed by atoms with Crippen LogP contribution in [0.2, 0.25) is 0 Å². The van der Waals surface area contributed by atoms with E-state index in [4.69, 9.17) is 11.5 Å². The van der Waals surface area contributed by atoms with Gasteiger partial charge in [0.15, 0.2) is 0 Å². The van der Waals surface area contributed by atoms with Crippen molar-refractivity contribution in [2.45, 2.75) is 19.4 Å². The van der Waals surface area contributed by atoms with Gasteiger partial charge in [-0.25, -0.2) is 0 Å². The third kappa shape index (κ3) is 2.74. The quantitative estimate of drug-likeness (QED) is 0.756. The van der Waals surface area contributed by atoms with E-state index in [1.54, 1.807) is 6.20 Å². The van der Waals surface area contributed by atoms with Crippen LogP contribution in [0, 0.1) is 18.3 Å². The number of aromatic nitrogens is 1. The van der Waals surface area contributed by atoms with Crippen LogP contribution in [-0.2, 0) is 6.61 Å². The third-order valence-electron chi connectivity index (χ3n) is 2.78. The maximum atomic E-state index is 9.05. The van der Waals surface area contributed by atoms with Crippen LogP contribution < -0.4 is 4.90 Å². The number of anilines is 1. The molecule has 3 nitrogen and oxygen atoms in total. The molecular formula is C13H16N2O. The molecule has 1 aromatic rings. The van der Waals surface area contributed by atoms with Gasteiger partial charge in [-0.3, -0.25) is 4.98 Å². The maximum absolute atomic E-state index is 9.05. The van der Waals surface area contributed by atoms with Crippen LogP contribution >= 0.6 is 0 Å². The molecule has 0 atom stereocenters. The van der Waals surface area contributed by atoms with Crippen molar-refractivity contribution < 1.29 is 5.11 Å². The standard InChI is InChI=1S/C13H16N2O/c1-2-7-15(9-11-3-4-11)13-5-6-14-12(8-13)10-16/h1,5-6,8,11,16H,3-4,7,9-10H2. The molecule has 0 spiro atoms. The molecule has 2 rings (SSSR count). The van der Waals surface area contributed by atoms with Gasteiger partial charge in [-0.1, -0.05) is 5.92 Å². The van der Waals surface area contributed by atoms with Crippen molar-refractivity contribution in [1.82, 2.24) is 4.98 Å². The van der Waals surface area contributed by atoms with Crippen molar-refractivity contribution in [1.29, 1.82) is 0 Å². The maximum Gasteiger partial charge on any atom is 0.0853 e. The molecule has 1 aliphatic carbocycles. The van der Waals surface area contributed by atoms with E-state index in [9.17, 15) is 0 Å². The molecule has 1 saturated carbocycles. The van der Waals surface area contributed by atoms with Gasteiger partial charge in [0.1, 0.15) is 0 Å². The molecule has 1 N–H and O–H groups in total. The van der Waals surface area contributed by atoms with E-state index in [1.807, 2.05) is 12.1 Å². The van der Waals surface area contributed by atoms with Crippen molar-refractivity contribution in [2.75, 3.05) is 18.0 Å². The van der Waals surface area contributed by atoms with Gasteiger partial charge in [-0.2, -0.15) is 0 Å². The predicted molar refractivity (Wildman–Crippen MR) is 63.9 cm³/mol. The van der Waals surface area contributed by atoms with Crippen LogP contribution in [0.25, 0.3) is 0 Å². The van der Waals surface area contributed by atoms with Crippen LogP contribution in [0.15, 0.2) is 18.3 Å². The Morgan fingerprint density at radius 2 is 2.38 bits per heavy atom. The topological polar surface area (TPSA) is 36.4 Å². The number of nitrogens with zero attached hydrogens (tertiary/aromatic N) is 2. The molecule has 1 aromatic heterocycles. The summed E-state index contributed by atoms with van der Waals surface area (Å²) >= 11 is 0. The largest absolute Gasteiger partial charge is 0.390 e. The number of pyridine rings is 1. The van der Waals surface area contributed by atoms with Gasteiger partial charge >= 0.3 is 0 Å². The van der Waals surface area contributed by atoms with Crippen LogP contribution in [0.5, 0.6) is 0 Å². The molecule has 0 amide bonds. The van der Waals surface area contributed by atoms with Crippen LogP contribution in [0.3, 0.4) is 0 Å². The Balaban J connectivity index is 2.12. The first-order valence-corrected chi connectivity index (χ1v) is 5.57. The van der Waals surface area contributed by atoms with Crippen molar-refractivity contribution >= 4 is 5.69 Å². The van der Waals surface area contributed by atoms with Gasteiger partial charge in [-0.05, 0) is 30.9 Å². The second-order valence-corrected chi connectivity index (χ2v) is 4.19. The summed E-state index contributed by atoms with van der Waals surface area (Å²) < 4.78 is 0. The lowest BCUT2D eigenvalue weighted by atomic mass is 10.2. The van der Waals surface area contributed by atoms with Gasteiger partial charge < -0.3 is 10.0 Å². The molecule has 1 heterocycles. The van der Waals surface area contributed by atoms with Crippen LogP contribution in [-0.4, -0.2) is 23.2 Å². The lowest BCUT2D eigenvalue weighted by molar-refractivity contribution is 0.277. The second-order valence-electron chi connectivity index (χ2n) is 4.19. The summed E-state index contributed by atoms with van der Waals surface area (Å²) in [4.78, 5) is 6.25. The zero-order valence-electron chi connectivity index (χ0n) is 9.26. The van der Waals surface area contributed by atoms with E-state index in [-0.39, 0.29) is 6.61 Å². The van der Waals surface area contributed by atoms with Gasteiger partial charge in [0.25, 0.3) is 0 Å². The Morgan fingerprint density at radius 1 is 1.56 bits per heavy atom. The Labute approximate surface area is 96.1 Å². The molecule has 0 unspecified atom stereocenters. The molecule has 0 aromatic carbocycles. The minimum atomic E-state index is -0.0266. The van der Waals surface area contributed by atoms with Crippen molar-refractivity contribution in [3.05, 3.63) is 24.0 Å². The smallest absolute Gasteiger partial charge is 0.0853 e. The third-order valence-corrected chi connectivity index (χ3v) is 2.78. The highest BCUT2D eigenvalue weighted by Gasteiger charge is 2.24. The fourth-order valence-corrected chi connectivity index (χ4v) is 1.73. The Morgan fingerprint density at radius 3 is 3.00 bits per heavy atom. The van der Waals surface area contributed by atoms with Gasteiger partial charge in [0.2, 0.25) is 0 Å². The molecule has 3 heteroatoms. The molecule has 84 valence electrons. The second kappa shape index (κ2) is 5.00. The molecule has 0 saturated heterocycles. The lowest BCUT2D eigenvalue weighted by Crippen LogP contribution is -2.26. The van der Waals surface area contributed by atoms with Gasteiger partial charge in [0.05, 0.1) is 18.8 Å². The number of terminal acetylenes is 1. The first kappa shape index (κ1) is 11.0. The van der Waals surface area contributed by atoms with E-state index in [0.717, 1.165) is 18.2 Å². The lowest BCUT2D eigenvalue weighted by Gasteiger charge is -2.22. The van der Waals surface area contributed by atoms with E-state index in [1.165, 1.54) is 12.8 Å². The van der Waals surface area contributed by atoms with Gasteiger partial charge in [0, 0.05) is 18.4 Å². The minimum Gasteiger partial charge on any atom is -0.390 e. The number of aliphatic hydroxyl groups excluding tert-OH is 1. The minimum absolute atomic E-state index is 0.0266. The molecule has 0 aliphatic heterocycles. The van der Waals surface area contributed by atoms with E-state index in [2.05, 4.69) is 15.8 Å². The molecular weight excluding hydrogens is 200 g/mol. The van der Waals surface area contributed by atoms with Crippen molar-refractivity contribution in [3.8, 4) is 12.3 Å². The first-order valence-electron chi connectivity index (χ1n) is 5.57. The Bertz CT molecular complexity index is 393. The fourth-order valence-electron chi connectivity index (χ4n) is 1.73. The predicted octanol–water partition coefficient (Wildman–Crippen LogP) is 1.42. The number of rotatable bonds is 5. The summed E-state index contributed by atoms with van der Waals surface area (Å²) in [7, 11) is 0. The normalized spacial score (nSPS) is 14.5. The highest BCUT2D eigenvalue weighted by Crippen LogP contribution is 2.31. The average molecular weight is 216 g/mol. The Hall–Kier alpha value is -1.53. The van der Waals surface area contributed by atoms with E-state index >= 15 is 0 Å². The molecule has 1 fully saturated rings. The fraction of sp³-hybridized carbons (Fsp3) is 0.462. The van der Waals surface area contributed by atoms with Crippen molar-refractivity contribution in [2.24, 2.45) is 5.92 Å². The first-order chi connectivity index (χ1) is 7.83. The van der Waals surface area contributed by atoms with Crippen molar-refractivity contribution in [3.63, 3.8) is 0 Å². The molecule has 1 aliphatic rings. The SMILES string of the molecule is C#CCN(CC1CC1)c1ccnc(CO)c1. The summed E-state index contributed by atoms with van der Waals surface area (Å²) in [6.45, 7) is 1.60. The zero-order chi connectivity index (χ0) is 11.4. The highest BCUT2D eigenvalue weighted by atomic mass is 16.3. The molecule has 16 heavy (non-hydrogen) atoms. The summed E-state index contributed by atoms with van der Waals surface area (Å²) in [5.74, 6) is 3.47. The molecule has 0 bridgehead atoms. The van der Waals surface area contributed by atoms with E-state index < -0.39 is 0 Å². The Kier molecular flexibility index (Phi) is 3.43. The van der Waals surface area contributed by atoms with Crippen LogP contribution in [0.4, 0.5) is 5.69 Å². The number of hydrogen-bond donors (Lipinski definition) is 1. The summed E-state index contributed by atoms with van der Waals surface area (Å²) in [5.41, 5.74) is 1.75. The highest BCUT2D eigenvalue weighted by molar-refractivity contribution is 5.47. The number of hydrogen-bond acceptors (Lipinski definition) is 3. The summed E-state index contributed by atoms with van der Waals surface area (Å²) in [6.07, 6.45) is 9.71. The van der Waals surface area contributed by atoms with E-state index in [0.29, 0.717) is 12.2 Å². The zero-order valence-corrected chi connectivity index (χ0v) is 9.26. The number of aliphatic hydroxyl groups is 1. The monoisotopic (exact) mass is 216 g/mol. The molecule has 0 radical (unpaired) electrons.